The molecule has 1 aromatic heterocycles. The van der Waals surface area contributed by atoms with E-state index in [1.54, 1.807) is 11.3 Å². The zero-order valence-corrected chi connectivity index (χ0v) is 14.7. The van der Waals surface area contributed by atoms with Gasteiger partial charge in [-0.3, -0.25) is 9.69 Å². The van der Waals surface area contributed by atoms with Crippen molar-refractivity contribution in [2.45, 2.75) is 32.4 Å². The highest BCUT2D eigenvalue weighted by Gasteiger charge is 2.27. The van der Waals surface area contributed by atoms with Gasteiger partial charge in [-0.2, -0.15) is 0 Å². The number of carbonyl (C=O) groups is 1. The molecule has 0 radical (unpaired) electrons. The van der Waals surface area contributed by atoms with E-state index < -0.39 is 0 Å². The Morgan fingerprint density at radius 1 is 1.30 bits per heavy atom. The molecule has 2 heterocycles. The quantitative estimate of drug-likeness (QED) is 0.852. The van der Waals surface area contributed by atoms with Crippen LogP contribution in [0.2, 0.25) is 0 Å². The van der Waals surface area contributed by atoms with E-state index in [4.69, 9.17) is 0 Å². The van der Waals surface area contributed by atoms with E-state index in [0.29, 0.717) is 6.04 Å². The second-order valence-electron chi connectivity index (χ2n) is 6.38. The third kappa shape index (κ3) is 3.82. The van der Waals surface area contributed by atoms with Gasteiger partial charge >= 0.3 is 0 Å². The van der Waals surface area contributed by atoms with Gasteiger partial charge in [0.15, 0.2) is 0 Å². The molecular weight excluding hydrogens is 304 g/mol. The fraction of sp³-hybridized carbons (Fsp3) is 0.421. The summed E-state index contributed by atoms with van der Waals surface area (Å²) >= 11 is 1.56. The molecule has 0 bridgehead atoms. The number of amides is 1. The highest BCUT2D eigenvalue weighted by atomic mass is 32.1. The molecule has 1 aromatic carbocycles. The molecule has 0 spiro atoms. The SMILES string of the molecule is Cc1ccsc1C(=O)N1CCCC(N(C)Cc2ccccc2)C1. The predicted molar refractivity (Wildman–Crippen MR) is 95.9 cm³/mol. The number of likely N-dealkylation sites (N-methyl/N-ethyl adjacent to an activating group) is 1. The summed E-state index contributed by atoms with van der Waals surface area (Å²) in [5.74, 6) is 0.204. The molecule has 1 amide bonds. The minimum atomic E-state index is 0.204. The van der Waals surface area contributed by atoms with E-state index in [0.717, 1.165) is 42.9 Å². The number of likely N-dealkylation sites (tertiary alicyclic amines) is 1. The number of piperidine rings is 1. The van der Waals surface area contributed by atoms with Crippen LogP contribution >= 0.6 is 11.3 Å². The summed E-state index contributed by atoms with van der Waals surface area (Å²) in [7, 11) is 2.17. The monoisotopic (exact) mass is 328 g/mol. The summed E-state index contributed by atoms with van der Waals surface area (Å²) in [4.78, 5) is 18.0. The van der Waals surface area contributed by atoms with E-state index in [-0.39, 0.29) is 5.91 Å². The Labute approximate surface area is 142 Å². The van der Waals surface area contributed by atoms with Crippen LogP contribution in [0.15, 0.2) is 41.8 Å². The van der Waals surface area contributed by atoms with Gasteiger partial charge in [0, 0.05) is 25.7 Å². The summed E-state index contributed by atoms with van der Waals surface area (Å²) in [6, 6.07) is 13.0. The van der Waals surface area contributed by atoms with Gasteiger partial charge in [-0.05, 0) is 49.4 Å². The zero-order chi connectivity index (χ0) is 16.2. The third-order valence-corrected chi connectivity index (χ3v) is 5.64. The maximum Gasteiger partial charge on any atom is 0.264 e. The van der Waals surface area contributed by atoms with Gasteiger partial charge < -0.3 is 4.90 Å². The molecule has 1 aliphatic heterocycles. The van der Waals surface area contributed by atoms with Gasteiger partial charge in [-0.25, -0.2) is 0 Å². The first kappa shape index (κ1) is 16.2. The Kier molecular flexibility index (Phi) is 5.13. The Balaban J connectivity index is 1.64. The Hall–Kier alpha value is -1.65. The lowest BCUT2D eigenvalue weighted by molar-refractivity contribution is 0.0606. The summed E-state index contributed by atoms with van der Waals surface area (Å²) in [5.41, 5.74) is 2.42. The minimum absolute atomic E-state index is 0.204. The van der Waals surface area contributed by atoms with Crippen LogP contribution in [0.1, 0.15) is 33.6 Å². The van der Waals surface area contributed by atoms with Crippen molar-refractivity contribution >= 4 is 17.2 Å². The molecule has 0 aliphatic carbocycles. The molecule has 3 nitrogen and oxygen atoms in total. The van der Waals surface area contributed by atoms with Crippen molar-refractivity contribution in [3.63, 3.8) is 0 Å². The van der Waals surface area contributed by atoms with E-state index in [1.807, 2.05) is 29.3 Å². The first-order valence-electron chi connectivity index (χ1n) is 8.22. The largest absolute Gasteiger partial charge is 0.336 e. The highest BCUT2D eigenvalue weighted by molar-refractivity contribution is 7.12. The van der Waals surface area contributed by atoms with Crippen LogP contribution in [0.3, 0.4) is 0 Å². The molecule has 2 aromatic rings. The number of nitrogens with zero attached hydrogens (tertiary/aromatic N) is 2. The van der Waals surface area contributed by atoms with Crippen LogP contribution in [-0.4, -0.2) is 41.9 Å². The van der Waals surface area contributed by atoms with Crippen molar-refractivity contribution in [2.24, 2.45) is 0 Å². The van der Waals surface area contributed by atoms with Crippen molar-refractivity contribution in [1.29, 1.82) is 0 Å². The number of thiophene rings is 1. The molecule has 1 aliphatic rings. The van der Waals surface area contributed by atoms with E-state index in [1.165, 1.54) is 5.56 Å². The number of hydrogen-bond acceptors (Lipinski definition) is 3. The minimum Gasteiger partial charge on any atom is -0.336 e. The molecule has 0 N–H and O–H groups in total. The molecule has 0 saturated carbocycles. The van der Waals surface area contributed by atoms with Gasteiger partial charge in [0.1, 0.15) is 0 Å². The summed E-state index contributed by atoms with van der Waals surface area (Å²) in [6.07, 6.45) is 2.25. The van der Waals surface area contributed by atoms with Gasteiger partial charge in [-0.15, -0.1) is 11.3 Å². The fourth-order valence-corrected chi connectivity index (χ4v) is 4.13. The van der Waals surface area contributed by atoms with Crippen LogP contribution in [0.25, 0.3) is 0 Å². The highest BCUT2D eigenvalue weighted by Crippen LogP contribution is 2.22. The second kappa shape index (κ2) is 7.28. The average Bonchev–Trinajstić information content (AvgIpc) is 3.01. The molecule has 1 saturated heterocycles. The second-order valence-corrected chi connectivity index (χ2v) is 7.30. The lowest BCUT2D eigenvalue weighted by atomic mass is 10.0. The topological polar surface area (TPSA) is 23.6 Å². The van der Waals surface area contributed by atoms with E-state index in [9.17, 15) is 4.79 Å². The van der Waals surface area contributed by atoms with Crippen molar-refractivity contribution in [1.82, 2.24) is 9.80 Å². The lowest BCUT2D eigenvalue weighted by Gasteiger charge is -2.37. The maximum absolute atomic E-state index is 12.7. The van der Waals surface area contributed by atoms with Crippen molar-refractivity contribution in [3.8, 4) is 0 Å². The fourth-order valence-electron chi connectivity index (χ4n) is 3.23. The van der Waals surface area contributed by atoms with Crippen molar-refractivity contribution in [3.05, 3.63) is 57.8 Å². The smallest absolute Gasteiger partial charge is 0.264 e. The molecular formula is C19H24N2OS. The van der Waals surface area contributed by atoms with Crippen LogP contribution in [-0.2, 0) is 6.54 Å². The first-order valence-corrected chi connectivity index (χ1v) is 9.10. The van der Waals surface area contributed by atoms with Crippen molar-refractivity contribution < 1.29 is 4.79 Å². The number of rotatable bonds is 4. The molecule has 3 rings (SSSR count). The van der Waals surface area contributed by atoms with Gasteiger partial charge in [0.05, 0.1) is 4.88 Å². The zero-order valence-electron chi connectivity index (χ0n) is 13.9. The third-order valence-electron chi connectivity index (χ3n) is 4.64. The normalized spacial score (nSPS) is 18.4. The molecule has 1 fully saturated rings. The predicted octanol–water partition coefficient (Wildman–Crippen LogP) is 3.79. The van der Waals surface area contributed by atoms with Crippen molar-refractivity contribution in [2.75, 3.05) is 20.1 Å². The average molecular weight is 328 g/mol. The van der Waals surface area contributed by atoms with Gasteiger partial charge in [-0.1, -0.05) is 30.3 Å². The van der Waals surface area contributed by atoms with Gasteiger partial charge in [0.2, 0.25) is 0 Å². The molecule has 1 unspecified atom stereocenters. The van der Waals surface area contributed by atoms with Crippen LogP contribution in [0.5, 0.6) is 0 Å². The summed E-state index contributed by atoms with van der Waals surface area (Å²) in [5, 5.41) is 2.01. The maximum atomic E-state index is 12.7. The molecule has 4 heteroatoms. The molecule has 122 valence electrons. The van der Waals surface area contributed by atoms with Crippen LogP contribution in [0.4, 0.5) is 0 Å². The summed E-state index contributed by atoms with van der Waals surface area (Å²) in [6.45, 7) is 4.67. The Bertz CT molecular complexity index is 652. The lowest BCUT2D eigenvalue weighted by Crippen LogP contribution is -2.48. The standard InChI is InChI=1S/C19H24N2OS/c1-15-10-12-23-18(15)19(22)21-11-6-9-17(14-21)20(2)13-16-7-4-3-5-8-16/h3-5,7-8,10,12,17H,6,9,11,13-14H2,1-2H3. The molecule has 23 heavy (non-hydrogen) atoms. The number of benzene rings is 1. The number of aryl methyl sites for hydroxylation is 1. The van der Waals surface area contributed by atoms with Crippen LogP contribution in [0, 0.1) is 6.92 Å². The number of carbonyl (C=O) groups excluding carboxylic acids is 1. The van der Waals surface area contributed by atoms with Crippen LogP contribution < -0.4 is 0 Å². The van der Waals surface area contributed by atoms with Gasteiger partial charge in [0.25, 0.3) is 5.91 Å². The first-order chi connectivity index (χ1) is 11.1. The number of hydrogen-bond donors (Lipinski definition) is 0. The molecule has 1 atom stereocenters. The summed E-state index contributed by atoms with van der Waals surface area (Å²) < 4.78 is 0. The Morgan fingerprint density at radius 3 is 2.78 bits per heavy atom. The van der Waals surface area contributed by atoms with E-state index >= 15 is 0 Å². The Morgan fingerprint density at radius 2 is 2.09 bits per heavy atom. The van der Waals surface area contributed by atoms with E-state index in [2.05, 4.69) is 36.2 Å².